The summed E-state index contributed by atoms with van der Waals surface area (Å²) in [4.78, 5) is 27.6. The van der Waals surface area contributed by atoms with Crippen molar-refractivity contribution >= 4 is 11.6 Å². The van der Waals surface area contributed by atoms with Crippen molar-refractivity contribution in [2.45, 2.75) is 19.9 Å². The number of carbonyl (C=O) groups excluding carboxylic acids is 1. The van der Waals surface area contributed by atoms with Gasteiger partial charge >= 0.3 is 0 Å². The van der Waals surface area contributed by atoms with E-state index < -0.39 is 0 Å². The monoisotopic (exact) mass is 386 g/mol. The molecular formula is C21H18N6O2. The topological polar surface area (TPSA) is 89.9 Å². The highest BCUT2D eigenvalue weighted by Crippen LogP contribution is 2.28. The average Bonchev–Trinajstić information content (AvgIpc) is 3.47. The molecular weight excluding hydrogens is 368 g/mol. The van der Waals surface area contributed by atoms with E-state index in [1.165, 1.54) is 5.56 Å². The van der Waals surface area contributed by atoms with Crippen molar-refractivity contribution < 1.29 is 9.32 Å². The number of rotatable bonds is 4. The van der Waals surface area contributed by atoms with Gasteiger partial charge in [-0.05, 0) is 37.1 Å². The lowest BCUT2D eigenvalue weighted by Crippen LogP contribution is -2.32. The van der Waals surface area contributed by atoms with Gasteiger partial charge in [-0.15, -0.1) is 0 Å². The van der Waals surface area contributed by atoms with Gasteiger partial charge in [0.2, 0.25) is 11.7 Å². The third-order valence-electron chi connectivity index (χ3n) is 5.05. The van der Waals surface area contributed by atoms with E-state index in [-0.39, 0.29) is 12.5 Å². The Kier molecular flexibility index (Phi) is 4.16. The van der Waals surface area contributed by atoms with E-state index in [0.717, 1.165) is 23.5 Å². The number of carbonyl (C=O) groups is 1. The molecule has 29 heavy (non-hydrogen) atoms. The van der Waals surface area contributed by atoms with Crippen LogP contribution in [0.2, 0.25) is 0 Å². The summed E-state index contributed by atoms with van der Waals surface area (Å²) in [5.41, 5.74) is 3.56. The second kappa shape index (κ2) is 6.97. The van der Waals surface area contributed by atoms with Crippen molar-refractivity contribution in [3.63, 3.8) is 0 Å². The minimum Gasteiger partial charge on any atom is -0.334 e. The van der Waals surface area contributed by atoms with Gasteiger partial charge in [-0.2, -0.15) is 4.98 Å². The van der Waals surface area contributed by atoms with Crippen LogP contribution in [-0.2, 0) is 17.8 Å². The molecule has 3 aromatic heterocycles. The van der Waals surface area contributed by atoms with Crippen LogP contribution in [0.1, 0.15) is 11.4 Å². The predicted octanol–water partition coefficient (Wildman–Crippen LogP) is 2.89. The van der Waals surface area contributed by atoms with Crippen LogP contribution in [0.15, 0.2) is 59.5 Å². The standard InChI is InChI=1S/C21H18N6O2/c1-14-23-17(20-24-21(29-25-20)16-6-9-22-10-7-16)12-26(14)13-19(28)27-11-8-15-4-2-3-5-18(15)27/h2-7,9-10,12H,8,11,13H2,1H3. The van der Waals surface area contributed by atoms with Gasteiger partial charge in [0.25, 0.3) is 5.89 Å². The number of aromatic nitrogens is 5. The first kappa shape index (κ1) is 17.3. The number of hydrogen-bond donors (Lipinski definition) is 0. The molecule has 0 aliphatic carbocycles. The minimum atomic E-state index is 0.0348. The summed E-state index contributed by atoms with van der Waals surface area (Å²) in [5.74, 6) is 1.54. The highest BCUT2D eigenvalue weighted by Gasteiger charge is 2.25. The van der Waals surface area contributed by atoms with Crippen LogP contribution in [0.4, 0.5) is 5.69 Å². The Bertz CT molecular complexity index is 1180. The average molecular weight is 386 g/mol. The van der Waals surface area contributed by atoms with E-state index in [9.17, 15) is 4.79 Å². The Labute approximate surface area is 166 Å². The summed E-state index contributed by atoms with van der Waals surface area (Å²) >= 11 is 0. The van der Waals surface area contributed by atoms with E-state index in [0.29, 0.717) is 24.0 Å². The lowest BCUT2D eigenvalue weighted by molar-refractivity contribution is -0.119. The van der Waals surface area contributed by atoms with Crippen molar-refractivity contribution in [2.75, 3.05) is 11.4 Å². The molecule has 1 amide bonds. The first-order valence-corrected chi connectivity index (χ1v) is 9.35. The molecule has 1 aliphatic heterocycles. The zero-order valence-corrected chi connectivity index (χ0v) is 15.8. The number of pyridine rings is 1. The van der Waals surface area contributed by atoms with Gasteiger partial charge in [-0.3, -0.25) is 9.78 Å². The summed E-state index contributed by atoms with van der Waals surface area (Å²) < 4.78 is 7.16. The van der Waals surface area contributed by atoms with Crippen molar-refractivity contribution in [3.05, 3.63) is 66.4 Å². The molecule has 0 saturated carbocycles. The maximum Gasteiger partial charge on any atom is 0.258 e. The highest BCUT2D eigenvalue weighted by molar-refractivity contribution is 5.95. The molecule has 1 aromatic carbocycles. The number of nitrogens with zero attached hydrogens (tertiary/aromatic N) is 6. The van der Waals surface area contributed by atoms with Gasteiger partial charge in [0.1, 0.15) is 18.1 Å². The molecule has 0 atom stereocenters. The van der Waals surface area contributed by atoms with Crippen LogP contribution >= 0.6 is 0 Å². The van der Waals surface area contributed by atoms with Gasteiger partial charge in [-0.25, -0.2) is 4.98 Å². The molecule has 5 rings (SSSR count). The fourth-order valence-corrected chi connectivity index (χ4v) is 3.54. The fraction of sp³-hybridized carbons (Fsp3) is 0.190. The van der Waals surface area contributed by atoms with Gasteiger partial charge in [0.15, 0.2) is 0 Å². The Morgan fingerprint density at radius 3 is 2.83 bits per heavy atom. The van der Waals surface area contributed by atoms with Crippen LogP contribution < -0.4 is 4.90 Å². The second-order valence-corrected chi connectivity index (χ2v) is 6.88. The van der Waals surface area contributed by atoms with Crippen molar-refractivity contribution in [2.24, 2.45) is 0 Å². The SMILES string of the molecule is Cc1nc(-c2noc(-c3ccncc3)n2)cn1CC(=O)N1CCc2ccccc21. The lowest BCUT2D eigenvalue weighted by atomic mass is 10.2. The van der Waals surface area contributed by atoms with E-state index in [1.807, 2.05) is 34.6 Å². The largest absolute Gasteiger partial charge is 0.334 e. The number of amides is 1. The molecule has 0 bridgehead atoms. The number of anilines is 1. The predicted molar refractivity (Wildman–Crippen MR) is 106 cm³/mol. The third kappa shape index (κ3) is 3.18. The van der Waals surface area contributed by atoms with Crippen LogP contribution in [-0.4, -0.2) is 37.1 Å². The number of fused-ring (bicyclic) bond motifs is 1. The molecule has 4 aromatic rings. The number of aryl methyl sites for hydroxylation is 1. The minimum absolute atomic E-state index is 0.0348. The maximum absolute atomic E-state index is 12.9. The smallest absolute Gasteiger partial charge is 0.258 e. The van der Waals surface area contributed by atoms with Crippen LogP contribution in [0.5, 0.6) is 0 Å². The molecule has 0 N–H and O–H groups in total. The zero-order chi connectivity index (χ0) is 19.8. The molecule has 1 aliphatic rings. The summed E-state index contributed by atoms with van der Waals surface area (Å²) in [6.45, 7) is 2.78. The summed E-state index contributed by atoms with van der Waals surface area (Å²) in [5, 5.41) is 4.03. The molecule has 0 unspecified atom stereocenters. The summed E-state index contributed by atoms with van der Waals surface area (Å²) in [7, 11) is 0. The van der Waals surface area contributed by atoms with Gasteiger partial charge < -0.3 is 14.0 Å². The molecule has 0 spiro atoms. The van der Waals surface area contributed by atoms with Gasteiger partial charge in [0, 0.05) is 36.4 Å². The molecule has 4 heterocycles. The van der Waals surface area contributed by atoms with Gasteiger partial charge in [-0.1, -0.05) is 23.4 Å². The Morgan fingerprint density at radius 2 is 1.97 bits per heavy atom. The highest BCUT2D eigenvalue weighted by atomic mass is 16.5. The molecule has 0 fully saturated rings. The maximum atomic E-state index is 12.9. The first-order chi connectivity index (χ1) is 14.2. The molecule has 8 nitrogen and oxygen atoms in total. The Hall–Kier alpha value is -3.81. The first-order valence-electron chi connectivity index (χ1n) is 9.35. The number of hydrogen-bond acceptors (Lipinski definition) is 6. The number of imidazole rings is 1. The summed E-state index contributed by atoms with van der Waals surface area (Å²) in [6, 6.07) is 11.6. The van der Waals surface area contributed by atoms with Crippen LogP contribution in [0.25, 0.3) is 23.0 Å². The number of para-hydroxylation sites is 1. The van der Waals surface area contributed by atoms with Crippen LogP contribution in [0.3, 0.4) is 0 Å². The normalized spacial score (nSPS) is 12.9. The van der Waals surface area contributed by atoms with Crippen molar-refractivity contribution in [3.8, 4) is 23.0 Å². The quantitative estimate of drug-likeness (QED) is 0.536. The molecule has 144 valence electrons. The lowest BCUT2D eigenvalue weighted by Gasteiger charge is -2.17. The molecule has 0 saturated heterocycles. The summed E-state index contributed by atoms with van der Waals surface area (Å²) in [6.07, 6.45) is 6.01. The van der Waals surface area contributed by atoms with Gasteiger partial charge in [0.05, 0.1) is 0 Å². The molecule has 0 radical (unpaired) electrons. The third-order valence-corrected chi connectivity index (χ3v) is 5.05. The van der Waals surface area contributed by atoms with Crippen molar-refractivity contribution in [1.29, 1.82) is 0 Å². The van der Waals surface area contributed by atoms with E-state index in [1.54, 1.807) is 30.7 Å². The Balaban J connectivity index is 1.36. The number of benzene rings is 1. The van der Waals surface area contributed by atoms with E-state index >= 15 is 0 Å². The van der Waals surface area contributed by atoms with Crippen molar-refractivity contribution in [1.82, 2.24) is 24.7 Å². The van der Waals surface area contributed by atoms with E-state index in [2.05, 4.69) is 26.2 Å². The fourth-order valence-electron chi connectivity index (χ4n) is 3.54. The second-order valence-electron chi connectivity index (χ2n) is 6.88. The zero-order valence-electron chi connectivity index (χ0n) is 15.8. The molecule has 8 heteroatoms. The Morgan fingerprint density at radius 1 is 1.14 bits per heavy atom. The van der Waals surface area contributed by atoms with Crippen LogP contribution in [0, 0.1) is 6.92 Å². The van der Waals surface area contributed by atoms with E-state index in [4.69, 9.17) is 4.52 Å².